The molecule has 8 heteroatoms. The fourth-order valence-corrected chi connectivity index (χ4v) is 2.23. The number of hydrogen-bond donors (Lipinski definition) is 0. The largest absolute Gasteiger partial charge is 0.493 e. The molecular formula is C12H14BrN3O4. The third kappa shape index (κ3) is 3.55. The molecule has 2 atom stereocenters. The highest BCUT2D eigenvalue weighted by Gasteiger charge is 2.28. The van der Waals surface area contributed by atoms with Crippen molar-refractivity contribution in [2.45, 2.75) is 10.9 Å². The van der Waals surface area contributed by atoms with E-state index in [4.69, 9.17) is 15.0 Å². The summed E-state index contributed by atoms with van der Waals surface area (Å²) in [4.78, 5) is 13.5. The molecule has 0 spiro atoms. The van der Waals surface area contributed by atoms with Crippen LogP contribution in [-0.2, 0) is 9.53 Å². The second-order valence-corrected chi connectivity index (χ2v) is 4.68. The number of ether oxygens (including phenoxy) is 3. The van der Waals surface area contributed by atoms with Crippen molar-refractivity contribution in [3.63, 3.8) is 0 Å². The number of hydrogen-bond acceptors (Lipinski definition) is 5. The number of esters is 1. The van der Waals surface area contributed by atoms with Crippen LogP contribution in [0.15, 0.2) is 23.3 Å². The highest BCUT2D eigenvalue weighted by atomic mass is 79.9. The van der Waals surface area contributed by atoms with Crippen LogP contribution >= 0.6 is 15.9 Å². The molecule has 20 heavy (non-hydrogen) atoms. The number of carbonyl (C=O) groups excluding carboxylic acids is 1. The second-order valence-electron chi connectivity index (χ2n) is 3.69. The standard InChI is InChI=1S/C12H14BrN3O4/c1-18-8-5-4-7(6-9(8)19-2)11(15-16-14)10(13)12(17)20-3/h4-6,10-11H,1-3H3/t10-,11-/m1/s1. The van der Waals surface area contributed by atoms with Gasteiger partial charge in [0.1, 0.15) is 4.83 Å². The number of halogens is 1. The first-order valence-corrected chi connectivity index (χ1v) is 6.48. The fraction of sp³-hybridized carbons (Fsp3) is 0.417. The summed E-state index contributed by atoms with van der Waals surface area (Å²) in [5.74, 6) is 0.491. The lowest BCUT2D eigenvalue weighted by molar-refractivity contribution is -0.140. The van der Waals surface area contributed by atoms with E-state index in [9.17, 15) is 4.79 Å². The van der Waals surface area contributed by atoms with Gasteiger partial charge in [0.25, 0.3) is 0 Å². The molecule has 1 aromatic carbocycles. The third-order valence-corrected chi connectivity index (χ3v) is 3.50. The van der Waals surface area contributed by atoms with E-state index < -0.39 is 16.8 Å². The predicted molar refractivity (Wildman–Crippen MR) is 76.2 cm³/mol. The lowest BCUT2D eigenvalue weighted by Gasteiger charge is -2.17. The van der Waals surface area contributed by atoms with Gasteiger partial charge < -0.3 is 14.2 Å². The van der Waals surface area contributed by atoms with Crippen molar-refractivity contribution in [3.05, 3.63) is 34.2 Å². The molecule has 0 bridgehead atoms. The Bertz CT molecular complexity index is 531. The highest BCUT2D eigenvalue weighted by molar-refractivity contribution is 9.10. The fourth-order valence-electron chi connectivity index (χ4n) is 1.63. The molecule has 0 saturated heterocycles. The summed E-state index contributed by atoms with van der Waals surface area (Å²) in [5.41, 5.74) is 9.26. The summed E-state index contributed by atoms with van der Waals surface area (Å²) in [6.07, 6.45) is 0. The average molecular weight is 344 g/mol. The zero-order valence-electron chi connectivity index (χ0n) is 11.2. The smallest absolute Gasteiger partial charge is 0.320 e. The second kappa shape index (κ2) is 7.62. The van der Waals surface area contributed by atoms with E-state index in [2.05, 4.69) is 30.7 Å². The summed E-state index contributed by atoms with van der Waals surface area (Å²) < 4.78 is 14.9. The van der Waals surface area contributed by atoms with E-state index in [1.54, 1.807) is 18.2 Å². The minimum Gasteiger partial charge on any atom is -0.493 e. The summed E-state index contributed by atoms with van der Waals surface area (Å²) in [5, 5.41) is 3.63. The molecule has 0 saturated carbocycles. The minimum atomic E-state index is -0.790. The van der Waals surface area contributed by atoms with E-state index >= 15 is 0 Å². The molecule has 0 N–H and O–H groups in total. The first kappa shape index (κ1) is 16.1. The van der Waals surface area contributed by atoms with E-state index in [-0.39, 0.29) is 0 Å². The maximum Gasteiger partial charge on any atom is 0.320 e. The van der Waals surface area contributed by atoms with Gasteiger partial charge in [0.05, 0.1) is 27.4 Å². The number of rotatable bonds is 6. The quantitative estimate of drug-likeness (QED) is 0.261. The molecule has 0 aliphatic rings. The molecule has 7 nitrogen and oxygen atoms in total. The number of benzene rings is 1. The Labute approximate surface area is 124 Å². The molecule has 0 aromatic heterocycles. The summed E-state index contributed by atoms with van der Waals surface area (Å²) in [6, 6.07) is 4.26. The average Bonchev–Trinajstić information content (AvgIpc) is 2.50. The topological polar surface area (TPSA) is 93.5 Å². The normalized spacial score (nSPS) is 12.8. The van der Waals surface area contributed by atoms with Crippen LogP contribution in [-0.4, -0.2) is 32.1 Å². The van der Waals surface area contributed by atoms with Gasteiger partial charge >= 0.3 is 5.97 Å². The molecule has 108 valence electrons. The van der Waals surface area contributed by atoms with Crippen molar-refractivity contribution in [1.29, 1.82) is 0 Å². The molecule has 0 aliphatic carbocycles. The molecule has 0 radical (unpaired) electrons. The van der Waals surface area contributed by atoms with Crippen LogP contribution in [0.25, 0.3) is 10.4 Å². The van der Waals surface area contributed by atoms with Crippen molar-refractivity contribution in [2.75, 3.05) is 21.3 Å². The Hall–Kier alpha value is -1.92. The molecule has 0 heterocycles. The lowest BCUT2D eigenvalue weighted by atomic mass is 10.0. The van der Waals surface area contributed by atoms with Gasteiger partial charge in [-0.2, -0.15) is 0 Å². The number of azide groups is 1. The molecule has 0 amide bonds. The SMILES string of the molecule is COC(=O)[C@H](Br)[C@H](N=[N+]=[N-])c1ccc(OC)c(OC)c1. The number of nitrogens with zero attached hydrogens (tertiary/aromatic N) is 3. The molecular weight excluding hydrogens is 330 g/mol. The first-order valence-electron chi connectivity index (χ1n) is 5.57. The van der Waals surface area contributed by atoms with E-state index in [0.717, 1.165) is 0 Å². The van der Waals surface area contributed by atoms with E-state index in [0.29, 0.717) is 17.1 Å². The Morgan fingerprint density at radius 2 is 1.95 bits per heavy atom. The molecule has 0 aliphatic heterocycles. The van der Waals surface area contributed by atoms with Gasteiger partial charge in [-0.25, -0.2) is 0 Å². The zero-order chi connectivity index (χ0) is 15.1. The number of alkyl halides is 1. The van der Waals surface area contributed by atoms with Crippen LogP contribution < -0.4 is 9.47 Å². The van der Waals surface area contributed by atoms with Crippen LogP contribution in [0.1, 0.15) is 11.6 Å². The monoisotopic (exact) mass is 343 g/mol. The summed E-state index contributed by atoms with van der Waals surface area (Å²) >= 11 is 3.18. The Morgan fingerprint density at radius 1 is 1.30 bits per heavy atom. The van der Waals surface area contributed by atoms with E-state index in [1.807, 2.05) is 0 Å². The van der Waals surface area contributed by atoms with Crippen molar-refractivity contribution in [1.82, 2.24) is 0 Å². The predicted octanol–water partition coefficient (Wildman–Crippen LogP) is 2.99. The Kier molecular flexibility index (Phi) is 6.14. The van der Waals surface area contributed by atoms with Crippen molar-refractivity contribution in [2.24, 2.45) is 5.11 Å². The summed E-state index contributed by atoms with van der Waals surface area (Å²) in [7, 11) is 4.28. The number of methoxy groups -OCH3 is 3. The molecule has 0 fully saturated rings. The van der Waals surface area contributed by atoms with Crippen LogP contribution in [0.4, 0.5) is 0 Å². The van der Waals surface area contributed by atoms with E-state index in [1.165, 1.54) is 21.3 Å². The Morgan fingerprint density at radius 3 is 2.45 bits per heavy atom. The maximum absolute atomic E-state index is 11.6. The van der Waals surface area contributed by atoms with Gasteiger partial charge in [0.2, 0.25) is 0 Å². The van der Waals surface area contributed by atoms with Gasteiger partial charge in [0.15, 0.2) is 11.5 Å². The third-order valence-electron chi connectivity index (χ3n) is 2.63. The van der Waals surface area contributed by atoms with Crippen molar-refractivity contribution in [3.8, 4) is 11.5 Å². The Balaban J connectivity index is 3.21. The van der Waals surface area contributed by atoms with Crippen molar-refractivity contribution >= 4 is 21.9 Å². The first-order chi connectivity index (χ1) is 9.58. The zero-order valence-corrected chi connectivity index (χ0v) is 12.8. The van der Waals surface area contributed by atoms with Crippen LogP contribution in [0, 0.1) is 0 Å². The lowest BCUT2D eigenvalue weighted by Crippen LogP contribution is -2.22. The van der Waals surface area contributed by atoms with Gasteiger partial charge in [-0.3, -0.25) is 4.79 Å². The van der Waals surface area contributed by atoms with Gasteiger partial charge in [-0.05, 0) is 23.2 Å². The summed E-state index contributed by atoms with van der Waals surface area (Å²) in [6.45, 7) is 0. The molecule has 0 unspecified atom stereocenters. The number of carbonyl (C=O) groups is 1. The molecule has 1 rings (SSSR count). The van der Waals surface area contributed by atoms with Crippen LogP contribution in [0.3, 0.4) is 0 Å². The van der Waals surface area contributed by atoms with Gasteiger partial charge in [0, 0.05) is 4.91 Å². The highest BCUT2D eigenvalue weighted by Crippen LogP contribution is 2.34. The van der Waals surface area contributed by atoms with Crippen LogP contribution in [0.2, 0.25) is 0 Å². The maximum atomic E-state index is 11.6. The van der Waals surface area contributed by atoms with Gasteiger partial charge in [-0.1, -0.05) is 27.1 Å². The van der Waals surface area contributed by atoms with Crippen molar-refractivity contribution < 1.29 is 19.0 Å². The minimum absolute atomic E-state index is 0.479. The molecule has 1 aromatic rings. The van der Waals surface area contributed by atoms with Crippen LogP contribution in [0.5, 0.6) is 11.5 Å². The van der Waals surface area contributed by atoms with Gasteiger partial charge in [-0.15, -0.1) is 0 Å².